The Labute approximate surface area is 104 Å². The summed E-state index contributed by atoms with van der Waals surface area (Å²) in [5, 5.41) is 14.1. The molecular formula is C13H14N2O3. The maximum Gasteiger partial charge on any atom is 0.354 e. The first-order valence-corrected chi connectivity index (χ1v) is 5.82. The van der Waals surface area contributed by atoms with Gasteiger partial charge in [0.05, 0.1) is 12.6 Å². The number of anilines is 1. The molecule has 1 aromatic heterocycles. The summed E-state index contributed by atoms with van der Waals surface area (Å²) in [6.07, 6.45) is 0. The quantitative estimate of drug-likeness (QED) is 0.674. The fraction of sp³-hybridized carbons (Fsp3) is 0.308. The van der Waals surface area contributed by atoms with Gasteiger partial charge >= 0.3 is 5.97 Å². The number of phenolic OH excluding ortho intramolecular Hbond substituents is 1. The molecule has 1 unspecified atom stereocenters. The summed E-state index contributed by atoms with van der Waals surface area (Å²) in [4.78, 5) is 14.4. The molecule has 1 aromatic carbocycles. The van der Waals surface area contributed by atoms with E-state index in [-0.39, 0.29) is 5.75 Å². The van der Waals surface area contributed by atoms with Gasteiger partial charge in [-0.25, -0.2) is 4.79 Å². The molecule has 0 saturated carbocycles. The lowest BCUT2D eigenvalue weighted by atomic mass is 9.99. The molecule has 0 radical (unpaired) electrons. The number of hydrogen-bond donors (Lipinski definition) is 3. The highest BCUT2D eigenvalue weighted by atomic mass is 16.5. The number of carbonyl (C=O) groups is 1. The minimum atomic E-state index is -0.432. The van der Waals surface area contributed by atoms with Crippen molar-refractivity contribution in [3.8, 4) is 5.75 Å². The summed E-state index contributed by atoms with van der Waals surface area (Å²) in [5.74, 6) is 0.0582. The van der Waals surface area contributed by atoms with Crippen LogP contribution in [0.15, 0.2) is 12.1 Å². The molecule has 0 amide bonds. The first-order chi connectivity index (χ1) is 8.61. The molecule has 5 nitrogen and oxygen atoms in total. The van der Waals surface area contributed by atoms with Gasteiger partial charge in [0.25, 0.3) is 0 Å². The minimum absolute atomic E-state index is 0.139. The standard InChI is InChI=1S/C13H14N2O3/c1-6-5-14-8-4-10(16)12-7(11(6)8)3-9(15-12)13(17)18-2/h3-4,6,14-16H,5H2,1-2H3. The molecular weight excluding hydrogens is 232 g/mol. The van der Waals surface area contributed by atoms with Crippen LogP contribution in [0.2, 0.25) is 0 Å². The van der Waals surface area contributed by atoms with E-state index in [2.05, 4.69) is 22.0 Å². The lowest BCUT2D eigenvalue weighted by Crippen LogP contribution is -2.00. The van der Waals surface area contributed by atoms with Crippen LogP contribution in [-0.2, 0) is 4.74 Å². The highest BCUT2D eigenvalue weighted by Crippen LogP contribution is 2.41. The van der Waals surface area contributed by atoms with Crippen molar-refractivity contribution >= 4 is 22.6 Å². The highest BCUT2D eigenvalue weighted by Gasteiger charge is 2.24. The third-order valence-electron chi connectivity index (χ3n) is 3.43. The summed E-state index contributed by atoms with van der Waals surface area (Å²) in [7, 11) is 1.34. The fourth-order valence-corrected chi connectivity index (χ4v) is 2.56. The monoisotopic (exact) mass is 246 g/mol. The SMILES string of the molecule is COC(=O)c1cc2c3c(cc(O)c2[nH]1)NCC3C. The first kappa shape index (κ1) is 11.0. The van der Waals surface area contributed by atoms with Crippen molar-refractivity contribution in [2.75, 3.05) is 19.0 Å². The Bertz CT molecular complexity index is 645. The number of hydrogen-bond acceptors (Lipinski definition) is 4. The Morgan fingerprint density at radius 1 is 1.50 bits per heavy atom. The van der Waals surface area contributed by atoms with Gasteiger partial charge in [-0.3, -0.25) is 0 Å². The van der Waals surface area contributed by atoms with Crippen molar-refractivity contribution in [3.63, 3.8) is 0 Å². The number of H-pyrrole nitrogens is 1. The number of aromatic amines is 1. The summed E-state index contributed by atoms with van der Waals surface area (Å²) in [6, 6.07) is 3.43. The molecule has 0 bridgehead atoms. The highest BCUT2D eigenvalue weighted by molar-refractivity contribution is 6.00. The molecule has 0 aliphatic carbocycles. The molecule has 5 heteroatoms. The number of phenols is 1. The first-order valence-electron chi connectivity index (χ1n) is 5.82. The Hall–Kier alpha value is -2.17. The van der Waals surface area contributed by atoms with Crippen LogP contribution in [0.1, 0.15) is 28.9 Å². The van der Waals surface area contributed by atoms with Crippen molar-refractivity contribution in [3.05, 3.63) is 23.4 Å². The van der Waals surface area contributed by atoms with Crippen LogP contribution in [0.5, 0.6) is 5.75 Å². The zero-order valence-electron chi connectivity index (χ0n) is 10.2. The Kier molecular flexibility index (Phi) is 2.23. The molecule has 94 valence electrons. The van der Waals surface area contributed by atoms with E-state index in [0.29, 0.717) is 17.1 Å². The van der Waals surface area contributed by atoms with Gasteiger partial charge in [-0.2, -0.15) is 0 Å². The predicted octanol–water partition coefficient (Wildman–Crippen LogP) is 2.19. The second kappa shape index (κ2) is 3.66. The van der Waals surface area contributed by atoms with Crippen LogP contribution in [-0.4, -0.2) is 29.7 Å². The van der Waals surface area contributed by atoms with Crippen molar-refractivity contribution < 1.29 is 14.6 Å². The maximum absolute atomic E-state index is 11.5. The normalized spacial score (nSPS) is 17.6. The molecule has 1 aliphatic heterocycles. The number of rotatable bonds is 1. The molecule has 1 aliphatic rings. The number of aromatic nitrogens is 1. The second-order valence-corrected chi connectivity index (χ2v) is 4.60. The number of benzene rings is 1. The molecule has 1 atom stereocenters. The third kappa shape index (κ3) is 1.37. The van der Waals surface area contributed by atoms with E-state index in [0.717, 1.165) is 23.2 Å². The fourth-order valence-electron chi connectivity index (χ4n) is 2.56. The average Bonchev–Trinajstić information content (AvgIpc) is 2.93. The van der Waals surface area contributed by atoms with E-state index >= 15 is 0 Å². The van der Waals surface area contributed by atoms with E-state index in [9.17, 15) is 9.90 Å². The summed E-state index contributed by atoms with van der Waals surface area (Å²) < 4.78 is 4.68. The molecule has 3 N–H and O–H groups in total. The number of esters is 1. The second-order valence-electron chi connectivity index (χ2n) is 4.60. The van der Waals surface area contributed by atoms with Gasteiger partial charge in [0.2, 0.25) is 0 Å². The number of methoxy groups -OCH3 is 1. The van der Waals surface area contributed by atoms with Gasteiger partial charge in [0, 0.05) is 29.6 Å². The van der Waals surface area contributed by atoms with Crippen LogP contribution in [0.25, 0.3) is 10.9 Å². The van der Waals surface area contributed by atoms with E-state index in [4.69, 9.17) is 0 Å². The van der Waals surface area contributed by atoms with Gasteiger partial charge in [-0.15, -0.1) is 0 Å². The Morgan fingerprint density at radius 3 is 3.00 bits per heavy atom. The smallest absolute Gasteiger partial charge is 0.354 e. The molecule has 3 rings (SSSR count). The Morgan fingerprint density at radius 2 is 2.28 bits per heavy atom. The Balaban J connectivity index is 2.30. The summed E-state index contributed by atoms with van der Waals surface area (Å²) in [6.45, 7) is 2.95. The molecule has 0 spiro atoms. The van der Waals surface area contributed by atoms with Crippen molar-refractivity contribution in [2.45, 2.75) is 12.8 Å². The van der Waals surface area contributed by atoms with Crippen LogP contribution in [0, 0.1) is 0 Å². The van der Waals surface area contributed by atoms with Crippen molar-refractivity contribution in [2.24, 2.45) is 0 Å². The maximum atomic E-state index is 11.5. The molecule has 18 heavy (non-hydrogen) atoms. The van der Waals surface area contributed by atoms with Crippen molar-refractivity contribution in [1.29, 1.82) is 0 Å². The van der Waals surface area contributed by atoms with Gasteiger partial charge in [-0.1, -0.05) is 6.92 Å². The van der Waals surface area contributed by atoms with Gasteiger partial charge in [-0.05, 0) is 11.6 Å². The molecule has 0 saturated heterocycles. The zero-order valence-corrected chi connectivity index (χ0v) is 10.2. The van der Waals surface area contributed by atoms with Crippen LogP contribution in [0.3, 0.4) is 0 Å². The van der Waals surface area contributed by atoms with E-state index < -0.39 is 5.97 Å². The van der Waals surface area contributed by atoms with Gasteiger partial charge in [0.15, 0.2) is 0 Å². The number of ether oxygens (including phenoxy) is 1. The van der Waals surface area contributed by atoms with Crippen molar-refractivity contribution in [1.82, 2.24) is 4.98 Å². The lowest BCUT2D eigenvalue weighted by Gasteiger charge is -2.05. The molecule has 0 fully saturated rings. The van der Waals surface area contributed by atoms with Crippen LogP contribution >= 0.6 is 0 Å². The van der Waals surface area contributed by atoms with Crippen LogP contribution < -0.4 is 5.32 Å². The topological polar surface area (TPSA) is 74.3 Å². The van der Waals surface area contributed by atoms with E-state index in [1.165, 1.54) is 7.11 Å². The van der Waals surface area contributed by atoms with Gasteiger partial charge < -0.3 is 20.1 Å². The van der Waals surface area contributed by atoms with Crippen LogP contribution in [0.4, 0.5) is 5.69 Å². The third-order valence-corrected chi connectivity index (χ3v) is 3.43. The zero-order chi connectivity index (χ0) is 12.9. The number of fused-ring (bicyclic) bond motifs is 3. The number of aromatic hydroxyl groups is 1. The molecule has 2 heterocycles. The number of nitrogens with one attached hydrogen (secondary N) is 2. The number of carbonyl (C=O) groups excluding carboxylic acids is 1. The molecule has 2 aromatic rings. The predicted molar refractivity (Wildman–Crippen MR) is 68.2 cm³/mol. The van der Waals surface area contributed by atoms with E-state index in [1.807, 2.05) is 0 Å². The summed E-state index contributed by atoms with van der Waals surface area (Å²) >= 11 is 0. The summed E-state index contributed by atoms with van der Waals surface area (Å²) in [5.41, 5.74) is 3.01. The minimum Gasteiger partial charge on any atom is -0.506 e. The largest absolute Gasteiger partial charge is 0.506 e. The average molecular weight is 246 g/mol. The lowest BCUT2D eigenvalue weighted by molar-refractivity contribution is 0.0595. The van der Waals surface area contributed by atoms with E-state index in [1.54, 1.807) is 12.1 Å². The van der Waals surface area contributed by atoms with Gasteiger partial charge in [0.1, 0.15) is 11.4 Å².